The molecular formula is C12H9N5O2. The van der Waals surface area contributed by atoms with E-state index in [1.165, 1.54) is 12.4 Å². The van der Waals surface area contributed by atoms with Crippen molar-refractivity contribution >= 4 is 11.9 Å². The van der Waals surface area contributed by atoms with Crippen LogP contribution in [0.25, 0.3) is 0 Å². The Hall–Kier alpha value is -3.14. The summed E-state index contributed by atoms with van der Waals surface area (Å²) < 4.78 is 4.97. The Balaban J connectivity index is 1.85. The Morgan fingerprint density at radius 2 is 2.00 bits per heavy atom. The zero-order valence-electron chi connectivity index (χ0n) is 9.70. The fourth-order valence-electron chi connectivity index (χ4n) is 1.19. The highest BCUT2D eigenvalue weighted by molar-refractivity contribution is 5.71. The van der Waals surface area contributed by atoms with Crippen molar-refractivity contribution in [1.82, 2.24) is 15.4 Å². The number of hydrazine groups is 1. The van der Waals surface area contributed by atoms with Crippen LogP contribution in [0, 0.1) is 11.3 Å². The Bertz CT molecular complexity index is 592. The standard InChI is InChI=1S/C12H9N5O2/c13-6-9-7-15-11(8-14-9)16-17-12(18)19-10-4-2-1-3-5-10/h1-5,7-8H,(H,15,16)(H,17,18). The van der Waals surface area contributed by atoms with Gasteiger partial charge in [0.15, 0.2) is 11.5 Å². The topological polar surface area (TPSA) is 99.9 Å². The number of ether oxygens (including phenoxy) is 1. The summed E-state index contributed by atoms with van der Waals surface area (Å²) in [5.41, 5.74) is 4.99. The lowest BCUT2D eigenvalue weighted by atomic mass is 10.3. The molecule has 0 saturated carbocycles. The molecule has 2 aromatic rings. The van der Waals surface area contributed by atoms with Gasteiger partial charge in [-0.1, -0.05) is 18.2 Å². The number of para-hydroxylation sites is 1. The molecule has 0 aliphatic heterocycles. The third-order valence-electron chi connectivity index (χ3n) is 2.01. The Kier molecular flexibility index (Phi) is 3.87. The van der Waals surface area contributed by atoms with Crippen molar-refractivity contribution in [2.75, 3.05) is 5.43 Å². The largest absolute Gasteiger partial charge is 0.431 e. The fourth-order valence-corrected chi connectivity index (χ4v) is 1.19. The molecule has 0 aliphatic carbocycles. The maximum atomic E-state index is 11.4. The lowest BCUT2D eigenvalue weighted by Gasteiger charge is -2.07. The number of nitriles is 1. The fraction of sp³-hybridized carbons (Fsp3) is 0. The zero-order valence-corrected chi connectivity index (χ0v) is 9.70. The maximum absolute atomic E-state index is 11.4. The molecular weight excluding hydrogens is 246 g/mol. The molecule has 2 N–H and O–H groups in total. The number of aromatic nitrogens is 2. The van der Waals surface area contributed by atoms with Crippen LogP contribution in [0.5, 0.6) is 5.75 Å². The van der Waals surface area contributed by atoms with Crippen LogP contribution in [0.15, 0.2) is 42.7 Å². The summed E-state index contributed by atoms with van der Waals surface area (Å²) >= 11 is 0. The van der Waals surface area contributed by atoms with Gasteiger partial charge in [-0.05, 0) is 12.1 Å². The minimum Gasteiger partial charge on any atom is -0.409 e. The molecule has 19 heavy (non-hydrogen) atoms. The third-order valence-corrected chi connectivity index (χ3v) is 2.01. The first-order chi connectivity index (χ1) is 9.28. The molecule has 7 heteroatoms. The van der Waals surface area contributed by atoms with E-state index in [0.717, 1.165) is 0 Å². The van der Waals surface area contributed by atoms with Gasteiger partial charge in [-0.15, -0.1) is 0 Å². The van der Waals surface area contributed by atoms with Crippen molar-refractivity contribution in [2.24, 2.45) is 0 Å². The van der Waals surface area contributed by atoms with Crippen LogP contribution < -0.4 is 15.6 Å². The van der Waals surface area contributed by atoms with Crippen molar-refractivity contribution in [2.45, 2.75) is 0 Å². The van der Waals surface area contributed by atoms with Gasteiger partial charge < -0.3 is 4.74 Å². The molecule has 94 valence electrons. The summed E-state index contributed by atoms with van der Waals surface area (Å²) in [6.45, 7) is 0. The molecule has 7 nitrogen and oxygen atoms in total. The smallest absolute Gasteiger partial charge is 0.409 e. The second-order valence-corrected chi connectivity index (χ2v) is 3.35. The number of amides is 1. The first kappa shape index (κ1) is 12.3. The van der Waals surface area contributed by atoms with Gasteiger partial charge in [0.2, 0.25) is 0 Å². The highest BCUT2D eigenvalue weighted by Crippen LogP contribution is 2.08. The average Bonchev–Trinajstić information content (AvgIpc) is 2.47. The third kappa shape index (κ3) is 3.67. The van der Waals surface area contributed by atoms with E-state index < -0.39 is 6.09 Å². The number of nitrogens with zero attached hydrogens (tertiary/aromatic N) is 3. The summed E-state index contributed by atoms with van der Waals surface area (Å²) in [5, 5.41) is 8.55. The number of rotatable bonds is 3. The van der Waals surface area contributed by atoms with Gasteiger partial charge in [0.05, 0.1) is 12.4 Å². The van der Waals surface area contributed by atoms with Crippen LogP contribution in [-0.4, -0.2) is 16.1 Å². The monoisotopic (exact) mass is 255 g/mol. The lowest BCUT2D eigenvalue weighted by molar-refractivity contribution is 0.203. The number of carbonyl (C=O) groups excluding carboxylic acids is 1. The normalized spacial score (nSPS) is 9.21. The zero-order chi connectivity index (χ0) is 13.5. The predicted molar refractivity (Wildman–Crippen MR) is 66.0 cm³/mol. The van der Waals surface area contributed by atoms with E-state index in [1.54, 1.807) is 24.3 Å². The van der Waals surface area contributed by atoms with E-state index in [-0.39, 0.29) is 5.69 Å². The molecule has 0 aliphatic rings. The molecule has 1 aromatic carbocycles. The summed E-state index contributed by atoms with van der Waals surface area (Å²) in [5.74, 6) is 0.719. The molecule has 0 bridgehead atoms. The van der Waals surface area contributed by atoms with E-state index in [9.17, 15) is 4.79 Å². The van der Waals surface area contributed by atoms with E-state index in [1.807, 2.05) is 12.1 Å². The number of hydrogen-bond donors (Lipinski definition) is 2. The Morgan fingerprint density at radius 1 is 1.21 bits per heavy atom. The molecule has 1 amide bonds. The predicted octanol–water partition coefficient (Wildman–Crippen LogP) is 1.46. The molecule has 0 atom stereocenters. The number of benzene rings is 1. The van der Waals surface area contributed by atoms with Crippen LogP contribution in [0.1, 0.15) is 5.69 Å². The minimum atomic E-state index is -0.683. The second kappa shape index (κ2) is 5.97. The van der Waals surface area contributed by atoms with Crippen LogP contribution in [-0.2, 0) is 0 Å². The molecule has 1 heterocycles. The van der Waals surface area contributed by atoms with Crippen LogP contribution in [0.4, 0.5) is 10.6 Å². The lowest BCUT2D eigenvalue weighted by Crippen LogP contribution is -2.32. The van der Waals surface area contributed by atoms with Crippen molar-refractivity contribution in [1.29, 1.82) is 5.26 Å². The van der Waals surface area contributed by atoms with Crippen molar-refractivity contribution in [3.05, 3.63) is 48.4 Å². The van der Waals surface area contributed by atoms with Crippen LogP contribution in [0.3, 0.4) is 0 Å². The minimum absolute atomic E-state index is 0.192. The van der Waals surface area contributed by atoms with Gasteiger partial charge in [-0.2, -0.15) is 5.26 Å². The van der Waals surface area contributed by atoms with Gasteiger partial charge in [0.25, 0.3) is 0 Å². The number of anilines is 1. The van der Waals surface area contributed by atoms with E-state index in [4.69, 9.17) is 10.00 Å². The average molecular weight is 255 g/mol. The summed E-state index contributed by atoms with van der Waals surface area (Å²) in [6.07, 6.45) is 1.92. The summed E-state index contributed by atoms with van der Waals surface area (Å²) in [7, 11) is 0. The van der Waals surface area contributed by atoms with Crippen LogP contribution in [0.2, 0.25) is 0 Å². The Labute approximate surface area is 108 Å². The van der Waals surface area contributed by atoms with Crippen molar-refractivity contribution < 1.29 is 9.53 Å². The first-order valence-electron chi connectivity index (χ1n) is 5.29. The van der Waals surface area contributed by atoms with E-state index in [0.29, 0.717) is 11.6 Å². The maximum Gasteiger partial charge on any atom is 0.431 e. The molecule has 2 rings (SSSR count). The highest BCUT2D eigenvalue weighted by Gasteiger charge is 2.03. The molecule has 0 radical (unpaired) electrons. The van der Waals surface area contributed by atoms with Gasteiger partial charge in [-0.3, -0.25) is 5.43 Å². The molecule has 0 spiro atoms. The molecule has 0 unspecified atom stereocenters. The van der Waals surface area contributed by atoms with Gasteiger partial charge in [0.1, 0.15) is 11.8 Å². The first-order valence-corrected chi connectivity index (χ1v) is 5.29. The molecule has 0 fully saturated rings. The number of nitrogens with one attached hydrogen (secondary N) is 2. The SMILES string of the molecule is N#Cc1cnc(NNC(=O)Oc2ccccc2)cn1. The molecule has 1 aromatic heterocycles. The molecule has 0 saturated heterocycles. The Morgan fingerprint density at radius 3 is 2.63 bits per heavy atom. The van der Waals surface area contributed by atoms with Gasteiger partial charge in [0, 0.05) is 0 Å². The number of hydrogen-bond acceptors (Lipinski definition) is 6. The van der Waals surface area contributed by atoms with E-state index in [2.05, 4.69) is 20.8 Å². The second-order valence-electron chi connectivity index (χ2n) is 3.35. The van der Waals surface area contributed by atoms with E-state index >= 15 is 0 Å². The van der Waals surface area contributed by atoms with Gasteiger partial charge >= 0.3 is 6.09 Å². The van der Waals surface area contributed by atoms with Crippen LogP contribution >= 0.6 is 0 Å². The number of carbonyl (C=O) groups is 1. The quantitative estimate of drug-likeness (QED) is 0.805. The summed E-state index contributed by atoms with van der Waals surface area (Å²) in [6, 6.07) is 10.5. The van der Waals surface area contributed by atoms with Crippen molar-refractivity contribution in [3.8, 4) is 11.8 Å². The van der Waals surface area contributed by atoms with Crippen molar-refractivity contribution in [3.63, 3.8) is 0 Å². The van der Waals surface area contributed by atoms with Gasteiger partial charge in [-0.25, -0.2) is 20.2 Å². The summed E-state index contributed by atoms with van der Waals surface area (Å²) in [4.78, 5) is 19.1. The highest BCUT2D eigenvalue weighted by atomic mass is 16.6.